The van der Waals surface area contributed by atoms with Crippen LogP contribution in [0.1, 0.15) is 28.5 Å². The van der Waals surface area contributed by atoms with E-state index in [0.717, 1.165) is 17.3 Å². The molecule has 1 N–H and O–H groups in total. The Morgan fingerprint density at radius 3 is 2.73 bits per heavy atom. The summed E-state index contributed by atoms with van der Waals surface area (Å²) in [4.78, 5) is 23.0. The Morgan fingerprint density at radius 1 is 1.27 bits per heavy atom. The average molecular weight is 354 g/mol. The van der Waals surface area contributed by atoms with Crippen LogP contribution in [-0.2, 0) is 13.1 Å². The van der Waals surface area contributed by atoms with Crippen LogP contribution < -0.4 is 5.32 Å². The molecule has 2 aromatic heterocycles. The SMILES string of the molecule is CCn1ncc([N+](=O)[O-])c1C(=O)Nc1cnn(Cc2ccccc2C)c1. The maximum Gasteiger partial charge on any atom is 0.320 e. The number of nitro groups is 1. The minimum absolute atomic E-state index is 0.0795. The number of anilines is 1. The Hall–Kier alpha value is -3.49. The third kappa shape index (κ3) is 3.46. The highest BCUT2D eigenvalue weighted by molar-refractivity contribution is 6.05. The molecule has 0 aliphatic rings. The van der Waals surface area contributed by atoms with Crippen LogP contribution >= 0.6 is 0 Å². The number of nitrogens with zero attached hydrogens (tertiary/aromatic N) is 5. The lowest BCUT2D eigenvalue weighted by Gasteiger charge is -2.06. The predicted molar refractivity (Wildman–Crippen MR) is 95.0 cm³/mol. The molecule has 0 radical (unpaired) electrons. The second-order valence-corrected chi connectivity index (χ2v) is 5.76. The van der Waals surface area contributed by atoms with E-state index < -0.39 is 10.8 Å². The van der Waals surface area contributed by atoms with E-state index in [1.807, 2.05) is 31.2 Å². The van der Waals surface area contributed by atoms with Gasteiger partial charge in [0.1, 0.15) is 6.20 Å². The summed E-state index contributed by atoms with van der Waals surface area (Å²) in [5.74, 6) is -0.591. The van der Waals surface area contributed by atoms with Crippen molar-refractivity contribution in [2.45, 2.75) is 26.9 Å². The number of aryl methyl sites for hydroxylation is 2. The van der Waals surface area contributed by atoms with Crippen LogP contribution in [-0.4, -0.2) is 30.4 Å². The summed E-state index contributed by atoms with van der Waals surface area (Å²) < 4.78 is 2.99. The lowest BCUT2D eigenvalue weighted by molar-refractivity contribution is -0.385. The Balaban J connectivity index is 1.77. The molecule has 3 rings (SSSR count). The Morgan fingerprint density at radius 2 is 2.04 bits per heavy atom. The van der Waals surface area contributed by atoms with Gasteiger partial charge in [-0.25, -0.2) is 0 Å². The van der Waals surface area contributed by atoms with Gasteiger partial charge in [-0.3, -0.25) is 24.3 Å². The molecule has 0 aliphatic carbocycles. The molecular formula is C17H18N6O3. The van der Waals surface area contributed by atoms with E-state index in [0.29, 0.717) is 18.8 Å². The third-order valence-electron chi connectivity index (χ3n) is 4.02. The fraction of sp³-hybridized carbons (Fsp3) is 0.235. The highest BCUT2D eigenvalue weighted by atomic mass is 16.6. The largest absolute Gasteiger partial charge is 0.320 e. The van der Waals surface area contributed by atoms with Crippen LogP contribution in [0, 0.1) is 17.0 Å². The van der Waals surface area contributed by atoms with Crippen LogP contribution in [0.15, 0.2) is 42.9 Å². The van der Waals surface area contributed by atoms with Gasteiger partial charge in [-0.15, -0.1) is 0 Å². The van der Waals surface area contributed by atoms with E-state index in [4.69, 9.17) is 0 Å². The molecule has 26 heavy (non-hydrogen) atoms. The van der Waals surface area contributed by atoms with Crippen molar-refractivity contribution >= 4 is 17.3 Å². The number of carbonyl (C=O) groups excluding carboxylic acids is 1. The van der Waals surface area contributed by atoms with Gasteiger partial charge in [0, 0.05) is 12.7 Å². The summed E-state index contributed by atoms with van der Waals surface area (Å²) in [6.07, 6.45) is 4.28. The number of benzene rings is 1. The number of amides is 1. The van der Waals surface area contributed by atoms with Crippen LogP contribution in [0.25, 0.3) is 0 Å². The number of nitrogens with one attached hydrogen (secondary N) is 1. The zero-order valence-electron chi connectivity index (χ0n) is 14.4. The van der Waals surface area contributed by atoms with Gasteiger partial charge >= 0.3 is 5.69 Å². The molecule has 0 atom stereocenters. The summed E-state index contributed by atoms with van der Waals surface area (Å²) in [7, 11) is 0. The number of aromatic nitrogens is 4. The first-order chi connectivity index (χ1) is 12.5. The predicted octanol–water partition coefficient (Wildman–Crippen LogP) is 2.62. The molecule has 3 aromatic rings. The lowest BCUT2D eigenvalue weighted by atomic mass is 10.1. The van der Waals surface area contributed by atoms with E-state index in [1.54, 1.807) is 17.8 Å². The molecular weight excluding hydrogens is 336 g/mol. The second kappa shape index (κ2) is 7.18. The van der Waals surface area contributed by atoms with Crippen molar-refractivity contribution in [2.75, 3.05) is 5.32 Å². The van der Waals surface area contributed by atoms with Crippen molar-refractivity contribution in [2.24, 2.45) is 0 Å². The van der Waals surface area contributed by atoms with Crippen LogP contribution in [0.4, 0.5) is 11.4 Å². The Kier molecular flexibility index (Phi) is 4.78. The average Bonchev–Trinajstić information content (AvgIpc) is 3.23. The first-order valence-corrected chi connectivity index (χ1v) is 8.08. The standard InChI is InChI=1S/C17H18N6O3/c1-3-22-16(15(9-19-22)23(25)26)17(24)20-14-8-18-21(11-14)10-13-7-5-4-6-12(13)2/h4-9,11H,3,10H2,1-2H3,(H,20,24). The fourth-order valence-corrected chi connectivity index (χ4v) is 2.65. The maximum absolute atomic E-state index is 12.5. The zero-order valence-corrected chi connectivity index (χ0v) is 14.4. The number of hydrogen-bond donors (Lipinski definition) is 1. The van der Waals surface area contributed by atoms with E-state index in [-0.39, 0.29) is 11.4 Å². The minimum atomic E-state index is -0.615. The topological polar surface area (TPSA) is 108 Å². The van der Waals surface area contributed by atoms with Gasteiger partial charge < -0.3 is 5.32 Å². The van der Waals surface area contributed by atoms with E-state index in [9.17, 15) is 14.9 Å². The highest BCUT2D eigenvalue weighted by Gasteiger charge is 2.26. The fourth-order valence-electron chi connectivity index (χ4n) is 2.65. The molecule has 0 saturated heterocycles. The maximum atomic E-state index is 12.5. The molecule has 0 bridgehead atoms. The van der Waals surface area contributed by atoms with E-state index in [1.165, 1.54) is 10.9 Å². The number of hydrogen-bond acceptors (Lipinski definition) is 5. The molecule has 9 heteroatoms. The number of carbonyl (C=O) groups is 1. The summed E-state index contributed by atoms with van der Waals surface area (Å²) >= 11 is 0. The van der Waals surface area contributed by atoms with Crippen molar-refractivity contribution in [3.05, 3.63) is 69.8 Å². The van der Waals surface area contributed by atoms with Gasteiger partial charge in [0.15, 0.2) is 0 Å². The third-order valence-corrected chi connectivity index (χ3v) is 4.02. The summed E-state index contributed by atoms with van der Waals surface area (Å²) in [5.41, 5.74) is 2.33. The number of rotatable bonds is 6. The van der Waals surface area contributed by atoms with E-state index >= 15 is 0 Å². The van der Waals surface area contributed by atoms with E-state index in [2.05, 4.69) is 15.5 Å². The smallest absolute Gasteiger partial charge is 0.318 e. The quantitative estimate of drug-likeness (QED) is 0.541. The van der Waals surface area contributed by atoms with Crippen LogP contribution in [0.3, 0.4) is 0 Å². The lowest BCUT2D eigenvalue weighted by Crippen LogP contribution is -2.18. The molecule has 9 nitrogen and oxygen atoms in total. The normalized spacial score (nSPS) is 10.7. The van der Waals surface area contributed by atoms with Gasteiger partial charge in [0.05, 0.1) is 23.4 Å². The van der Waals surface area contributed by atoms with Gasteiger partial charge in [-0.2, -0.15) is 10.2 Å². The molecule has 1 aromatic carbocycles. The first kappa shape index (κ1) is 17.3. The minimum Gasteiger partial charge on any atom is -0.318 e. The van der Waals surface area contributed by atoms with Crippen molar-refractivity contribution in [3.63, 3.8) is 0 Å². The molecule has 2 heterocycles. The van der Waals surface area contributed by atoms with Crippen LogP contribution in [0.2, 0.25) is 0 Å². The highest BCUT2D eigenvalue weighted by Crippen LogP contribution is 2.20. The molecule has 1 amide bonds. The van der Waals surface area contributed by atoms with Crippen molar-refractivity contribution in [3.8, 4) is 0 Å². The van der Waals surface area contributed by atoms with Crippen molar-refractivity contribution in [1.82, 2.24) is 19.6 Å². The molecule has 0 aliphatic heterocycles. The van der Waals surface area contributed by atoms with Crippen molar-refractivity contribution in [1.29, 1.82) is 0 Å². The molecule has 0 spiro atoms. The molecule has 0 fully saturated rings. The van der Waals surface area contributed by atoms with Gasteiger partial charge in [-0.1, -0.05) is 24.3 Å². The van der Waals surface area contributed by atoms with Gasteiger partial charge in [-0.05, 0) is 25.0 Å². The summed E-state index contributed by atoms with van der Waals surface area (Å²) in [5, 5.41) is 21.9. The van der Waals surface area contributed by atoms with Crippen LogP contribution in [0.5, 0.6) is 0 Å². The van der Waals surface area contributed by atoms with Crippen molar-refractivity contribution < 1.29 is 9.72 Å². The summed E-state index contributed by atoms with van der Waals surface area (Å²) in [6.45, 7) is 4.69. The van der Waals surface area contributed by atoms with Gasteiger partial charge in [0.25, 0.3) is 5.91 Å². The monoisotopic (exact) mass is 354 g/mol. The summed E-state index contributed by atoms with van der Waals surface area (Å²) in [6, 6.07) is 7.96. The molecule has 134 valence electrons. The molecule has 0 unspecified atom stereocenters. The van der Waals surface area contributed by atoms with Gasteiger partial charge in [0.2, 0.25) is 5.69 Å². The Labute approximate surface area is 149 Å². The first-order valence-electron chi connectivity index (χ1n) is 8.08. The Bertz CT molecular complexity index is 959. The second-order valence-electron chi connectivity index (χ2n) is 5.76. The molecule has 0 saturated carbocycles. The zero-order chi connectivity index (χ0) is 18.7.